The number of hydrogen-bond donors (Lipinski definition) is 3. The molecule has 0 spiro atoms. The van der Waals surface area contributed by atoms with E-state index in [2.05, 4.69) is 15.0 Å². The molecule has 0 saturated carbocycles. The molecule has 3 N–H and O–H groups in total. The minimum absolute atomic E-state index is 0.00856. The molecule has 13 heteroatoms. The van der Waals surface area contributed by atoms with Gasteiger partial charge in [-0.15, -0.1) is 4.40 Å². The van der Waals surface area contributed by atoms with Gasteiger partial charge in [-0.25, -0.2) is 0 Å². The number of rotatable bonds is 5. The average Bonchev–Trinajstić information content (AvgIpc) is 3.01. The Morgan fingerprint density at radius 1 is 1.26 bits per heavy atom. The highest BCUT2D eigenvalue weighted by Gasteiger charge is 2.27. The largest absolute Gasteiger partial charge is 0.507 e. The third-order valence-corrected chi connectivity index (χ3v) is 6.15. The number of amidine groups is 1. The zero-order chi connectivity index (χ0) is 22.8. The van der Waals surface area contributed by atoms with Crippen LogP contribution in [0.1, 0.15) is 12.5 Å². The molecule has 0 unspecified atom stereocenters. The van der Waals surface area contributed by atoms with Gasteiger partial charge in [0.25, 0.3) is 21.6 Å². The van der Waals surface area contributed by atoms with Gasteiger partial charge in [0.15, 0.2) is 5.17 Å². The van der Waals surface area contributed by atoms with Crippen molar-refractivity contribution in [2.45, 2.75) is 11.8 Å². The first-order valence-electron chi connectivity index (χ1n) is 8.46. The number of anilines is 1. The fraction of sp³-hybridized carbons (Fsp3) is 0.0556. The van der Waals surface area contributed by atoms with Crippen molar-refractivity contribution in [3.63, 3.8) is 0 Å². The summed E-state index contributed by atoms with van der Waals surface area (Å²) >= 11 is 0.703. The normalized spacial score (nSPS) is 16.4. The molecule has 0 aromatic heterocycles. The number of hydrogen-bond acceptors (Lipinski definition) is 8. The van der Waals surface area contributed by atoms with Gasteiger partial charge in [0.05, 0.1) is 14.7 Å². The summed E-state index contributed by atoms with van der Waals surface area (Å²) in [7, 11) is -4.16. The van der Waals surface area contributed by atoms with Gasteiger partial charge in [-0.3, -0.25) is 25.0 Å². The van der Waals surface area contributed by atoms with Crippen molar-refractivity contribution >= 4 is 56.2 Å². The number of amides is 2. The van der Waals surface area contributed by atoms with E-state index in [1.165, 1.54) is 37.3 Å². The predicted octanol–water partition coefficient (Wildman–Crippen LogP) is 2.21. The first-order chi connectivity index (χ1) is 14.5. The van der Waals surface area contributed by atoms with Crippen LogP contribution in [0.5, 0.6) is 5.75 Å². The number of aromatic hydroxyl groups is 1. The molecule has 2 amide bonds. The van der Waals surface area contributed by atoms with E-state index in [-0.39, 0.29) is 37.9 Å². The quantitative estimate of drug-likeness (QED) is 0.345. The number of nitro groups is 1. The molecule has 3 rings (SSSR count). The van der Waals surface area contributed by atoms with Gasteiger partial charge in [-0.1, -0.05) is 0 Å². The maximum atomic E-state index is 12.5. The van der Waals surface area contributed by atoms with Gasteiger partial charge in [0, 0.05) is 30.3 Å². The second-order valence-corrected chi connectivity index (χ2v) is 8.78. The van der Waals surface area contributed by atoms with E-state index < -0.39 is 20.9 Å². The zero-order valence-electron chi connectivity index (χ0n) is 15.7. The highest BCUT2D eigenvalue weighted by Crippen LogP contribution is 2.31. The Labute approximate surface area is 180 Å². The van der Waals surface area contributed by atoms with Crippen LogP contribution in [0.15, 0.2) is 56.7 Å². The fourth-order valence-electron chi connectivity index (χ4n) is 2.46. The van der Waals surface area contributed by atoms with E-state index in [0.29, 0.717) is 17.4 Å². The van der Waals surface area contributed by atoms with E-state index in [1.807, 2.05) is 0 Å². The number of phenols is 1. The monoisotopic (exact) mass is 462 g/mol. The van der Waals surface area contributed by atoms with Gasteiger partial charge in [0.2, 0.25) is 5.91 Å². The highest BCUT2D eigenvalue weighted by molar-refractivity contribution is 8.19. The number of nitrogens with zero attached hydrogens (tertiary/aromatic N) is 2. The third kappa shape index (κ3) is 5.26. The Balaban J connectivity index is 1.85. The molecule has 0 radical (unpaired) electrons. The molecule has 1 fully saturated rings. The van der Waals surface area contributed by atoms with Gasteiger partial charge in [-0.05, 0) is 48.2 Å². The molecule has 160 valence electrons. The van der Waals surface area contributed by atoms with E-state index in [0.717, 1.165) is 18.2 Å². The van der Waals surface area contributed by atoms with Crippen LogP contribution >= 0.6 is 11.8 Å². The zero-order valence-corrected chi connectivity index (χ0v) is 17.4. The average molecular weight is 462 g/mol. The summed E-state index contributed by atoms with van der Waals surface area (Å²) in [5.74, 6) is -1.27. The first-order valence-corrected chi connectivity index (χ1v) is 10.7. The number of benzene rings is 2. The Bertz CT molecular complexity index is 1250. The van der Waals surface area contributed by atoms with E-state index >= 15 is 0 Å². The van der Waals surface area contributed by atoms with Gasteiger partial charge >= 0.3 is 0 Å². The lowest BCUT2D eigenvalue weighted by atomic mass is 10.1. The van der Waals surface area contributed by atoms with Crippen molar-refractivity contribution < 1.29 is 28.0 Å². The van der Waals surface area contributed by atoms with E-state index in [1.54, 1.807) is 0 Å². The summed E-state index contributed by atoms with van der Waals surface area (Å²) in [6.07, 6.45) is 1.19. The van der Waals surface area contributed by atoms with Crippen molar-refractivity contribution in [1.29, 1.82) is 0 Å². The van der Waals surface area contributed by atoms with Crippen LogP contribution in [0.25, 0.3) is 6.08 Å². The number of carbonyl (C=O) groups is 2. The molecular weight excluding hydrogens is 448 g/mol. The number of sulfonamides is 1. The Hall–Kier alpha value is -3.71. The van der Waals surface area contributed by atoms with Crippen molar-refractivity contribution in [2.24, 2.45) is 4.40 Å². The van der Waals surface area contributed by atoms with Gasteiger partial charge < -0.3 is 10.4 Å². The number of phenolic OH excluding ortho intramolecular Hbond substituents is 1. The second-order valence-electron chi connectivity index (χ2n) is 6.14. The molecule has 1 saturated heterocycles. The summed E-state index contributed by atoms with van der Waals surface area (Å²) in [5.41, 5.74) is 0.140. The summed E-state index contributed by atoms with van der Waals surface area (Å²) in [4.78, 5) is 33.3. The van der Waals surface area contributed by atoms with Crippen molar-refractivity contribution in [3.8, 4) is 5.75 Å². The van der Waals surface area contributed by atoms with E-state index in [4.69, 9.17) is 0 Å². The predicted molar refractivity (Wildman–Crippen MR) is 114 cm³/mol. The molecule has 1 aliphatic rings. The lowest BCUT2D eigenvalue weighted by Crippen LogP contribution is -2.20. The lowest BCUT2D eigenvalue weighted by molar-refractivity contribution is -0.384. The van der Waals surface area contributed by atoms with Gasteiger partial charge in [-0.2, -0.15) is 8.42 Å². The van der Waals surface area contributed by atoms with Crippen LogP contribution in [-0.2, 0) is 19.6 Å². The standard InChI is InChI=1S/C18H14N4O7S2/c1-10(23)19-12-2-5-14(6-3-12)31(28,29)21-18-20-17(25)16(30-18)9-11-8-13(22(26)27)4-7-15(11)24/h2-9,24H,1H3,(H,19,23)(H,20,21,25). The van der Waals surface area contributed by atoms with Crippen LogP contribution in [0.2, 0.25) is 0 Å². The number of thioether (sulfide) groups is 1. The van der Waals surface area contributed by atoms with Gasteiger partial charge in [0.1, 0.15) is 5.75 Å². The topological polar surface area (TPSA) is 168 Å². The van der Waals surface area contributed by atoms with Crippen molar-refractivity contribution in [2.75, 3.05) is 5.32 Å². The Morgan fingerprint density at radius 3 is 2.55 bits per heavy atom. The molecule has 11 nitrogen and oxygen atoms in total. The number of nitrogens with one attached hydrogen (secondary N) is 2. The molecule has 2 aromatic rings. The number of nitro benzene ring substituents is 1. The SMILES string of the molecule is CC(=O)Nc1ccc(S(=O)(=O)N=C2NC(=O)C(=Cc3cc([N+](=O)[O-])ccc3O)S2)cc1. The molecule has 2 aromatic carbocycles. The maximum absolute atomic E-state index is 12.5. The Kier molecular flexibility index (Phi) is 6.08. The fourth-order valence-corrected chi connectivity index (χ4v) is 4.43. The summed E-state index contributed by atoms with van der Waals surface area (Å²) in [6, 6.07) is 8.60. The van der Waals surface area contributed by atoms with Crippen LogP contribution in [0.3, 0.4) is 0 Å². The van der Waals surface area contributed by atoms with Crippen molar-refractivity contribution in [1.82, 2.24) is 5.32 Å². The highest BCUT2D eigenvalue weighted by atomic mass is 32.2. The first kappa shape index (κ1) is 22.0. The Morgan fingerprint density at radius 2 is 1.94 bits per heavy atom. The van der Waals surface area contributed by atoms with Crippen LogP contribution in [0, 0.1) is 10.1 Å². The van der Waals surface area contributed by atoms with Crippen LogP contribution in [-0.4, -0.2) is 35.4 Å². The minimum atomic E-state index is -4.16. The third-order valence-electron chi connectivity index (χ3n) is 3.84. The molecule has 1 aliphatic heterocycles. The smallest absolute Gasteiger partial charge is 0.284 e. The summed E-state index contributed by atoms with van der Waals surface area (Å²) in [6.45, 7) is 1.31. The van der Waals surface area contributed by atoms with E-state index in [9.17, 15) is 33.2 Å². The summed E-state index contributed by atoms with van der Waals surface area (Å²) < 4.78 is 28.6. The van der Waals surface area contributed by atoms with Crippen molar-refractivity contribution in [3.05, 3.63) is 63.0 Å². The molecule has 1 heterocycles. The number of non-ortho nitro benzene ring substituents is 1. The molecule has 0 bridgehead atoms. The molecule has 31 heavy (non-hydrogen) atoms. The maximum Gasteiger partial charge on any atom is 0.284 e. The molecule has 0 atom stereocenters. The number of carbonyl (C=O) groups excluding carboxylic acids is 2. The molecule has 0 aliphatic carbocycles. The molecular formula is C18H14N4O7S2. The van der Waals surface area contributed by atoms with Crippen LogP contribution < -0.4 is 10.6 Å². The summed E-state index contributed by atoms with van der Waals surface area (Å²) in [5, 5.41) is 25.4. The second kappa shape index (κ2) is 8.57. The van der Waals surface area contributed by atoms with Crippen LogP contribution in [0.4, 0.5) is 11.4 Å². The minimum Gasteiger partial charge on any atom is -0.507 e. The lowest BCUT2D eigenvalue weighted by Gasteiger charge is -2.03.